The van der Waals surface area contributed by atoms with Crippen LogP contribution in [-0.2, 0) is 28.7 Å². The summed E-state index contributed by atoms with van der Waals surface area (Å²) in [6.45, 7) is 2.07. The highest BCUT2D eigenvalue weighted by atomic mass is 19.4. The summed E-state index contributed by atoms with van der Waals surface area (Å²) in [5.41, 5.74) is 0.648. The number of aryl methyl sites for hydroxylation is 2. The molecule has 0 unspecified atom stereocenters. The van der Waals surface area contributed by atoms with Crippen LogP contribution in [0.2, 0.25) is 0 Å². The highest BCUT2D eigenvalue weighted by Gasteiger charge is 2.32. The number of benzene rings is 1. The van der Waals surface area contributed by atoms with Gasteiger partial charge in [-0.3, -0.25) is 14.9 Å². The van der Waals surface area contributed by atoms with Gasteiger partial charge in [0.25, 0.3) is 6.47 Å². The van der Waals surface area contributed by atoms with E-state index >= 15 is 0 Å². The van der Waals surface area contributed by atoms with Gasteiger partial charge in [-0.2, -0.15) is 13.2 Å². The number of carboxylic acid groups (broad SMARTS) is 1. The van der Waals surface area contributed by atoms with Crippen molar-refractivity contribution in [1.29, 1.82) is 0 Å². The Morgan fingerprint density at radius 3 is 2.59 bits per heavy atom. The first-order valence-corrected chi connectivity index (χ1v) is 8.52. The van der Waals surface area contributed by atoms with E-state index in [-0.39, 0.29) is 18.8 Å². The number of para-hydroxylation sites is 2. The number of hydrogen-bond acceptors (Lipinski definition) is 5. The van der Waals surface area contributed by atoms with Crippen molar-refractivity contribution in [3.63, 3.8) is 0 Å². The molecule has 0 saturated carbocycles. The van der Waals surface area contributed by atoms with Crippen molar-refractivity contribution in [3.05, 3.63) is 48.0 Å². The van der Waals surface area contributed by atoms with Gasteiger partial charge in [0.2, 0.25) is 11.9 Å². The lowest BCUT2D eigenvalue weighted by molar-refractivity contribution is -0.141. The topological polar surface area (TPSA) is 110 Å². The molecule has 0 fully saturated rings. The molecular formula is C18H18F3N5O3. The summed E-state index contributed by atoms with van der Waals surface area (Å²) < 4.78 is 39.9. The molecule has 1 aromatic carbocycles. The van der Waals surface area contributed by atoms with Gasteiger partial charge in [0.1, 0.15) is 11.5 Å². The maximum Gasteiger partial charge on any atom is 0.433 e. The third-order valence-corrected chi connectivity index (χ3v) is 3.81. The lowest BCUT2D eigenvalue weighted by Crippen LogP contribution is -2.18. The SMILES string of the molecule is CCc1nc2ccccc2n1CCC(=O)Nc1nccc(C(F)(F)F)n1.O=CO. The quantitative estimate of drug-likeness (QED) is 0.627. The van der Waals surface area contributed by atoms with Crippen molar-refractivity contribution < 1.29 is 27.9 Å². The third kappa shape index (κ3) is 5.74. The number of nitrogens with one attached hydrogen (secondary N) is 1. The van der Waals surface area contributed by atoms with Gasteiger partial charge >= 0.3 is 6.18 Å². The van der Waals surface area contributed by atoms with Crippen LogP contribution in [0.3, 0.4) is 0 Å². The van der Waals surface area contributed by atoms with Crippen molar-refractivity contribution >= 4 is 29.4 Å². The predicted octanol–water partition coefficient (Wildman–Crippen LogP) is 3.14. The van der Waals surface area contributed by atoms with Gasteiger partial charge in [-0.05, 0) is 18.2 Å². The lowest BCUT2D eigenvalue weighted by Gasteiger charge is -2.09. The van der Waals surface area contributed by atoms with E-state index in [4.69, 9.17) is 9.90 Å². The standard InChI is InChI=1S/C17H16F3N5O.CH2O2/c1-2-14-22-11-5-3-4-6-12(11)25(14)10-8-15(26)24-16-21-9-7-13(23-16)17(18,19)20;2-1-3/h3-7,9H,2,8,10H2,1H3,(H,21,23,24,26);1H,(H,2,3). The molecule has 0 atom stereocenters. The Kier molecular flexibility index (Phi) is 7.23. The summed E-state index contributed by atoms with van der Waals surface area (Å²) in [6, 6.07) is 8.32. The minimum atomic E-state index is -4.59. The Labute approximate surface area is 163 Å². The Balaban J connectivity index is 0.000000941. The molecule has 0 radical (unpaired) electrons. The second kappa shape index (κ2) is 9.62. The van der Waals surface area contributed by atoms with Gasteiger partial charge in [0.15, 0.2) is 0 Å². The first-order valence-electron chi connectivity index (χ1n) is 8.52. The molecule has 1 amide bonds. The summed E-state index contributed by atoms with van der Waals surface area (Å²) in [5.74, 6) is 0.00880. The van der Waals surface area contributed by atoms with Crippen molar-refractivity contribution in [2.24, 2.45) is 0 Å². The van der Waals surface area contributed by atoms with Gasteiger partial charge in [-0.25, -0.2) is 15.0 Å². The highest BCUT2D eigenvalue weighted by Crippen LogP contribution is 2.27. The number of carbonyl (C=O) groups is 2. The zero-order valence-corrected chi connectivity index (χ0v) is 15.3. The molecule has 11 heteroatoms. The number of amides is 1. The Hall–Kier alpha value is -3.50. The van der Waals surface area contributed by atoms with E-state index in [9.17, 15) is 18.0 Å². The van der Waals surface area contributed by atoms with Crippen molar-refractivity contribution in [2.45, 2.75) is 32.5 Å². The van der Waals surface area contributed by atoms with Gasteiger partial charge in [0.05, 0.1) is 11.0 Å². The first kappa shape index (κ1) is 21.8. The minimum Gasteiger partial charge on any atom is -0.483 e. The molecule has 2 aromatic heterocycles. The largest absolute Gasteiger partial charge is 0.483 e. The smallest absolute Gasteiger partial charge is 0.433 e. The fourth-order valence-corrected chi connectivity index (χ4v) is 2.62. The van der Waals surface area contributed by atoms with E-state index in [1.54, 1.807) is 0 Å². The maximum atomic E-state index is 12.7. The van der Waals surface area contributed by atoms with Crippen LogP contribution in [0.1, 0.15) is 24.9 Å². The summed E-state index contributed by atoms with van der Waals surface area (Å²) in [4.78, 5) is 32.0. The Morgan fingerprint density at radius 2 is 1.93 bits per heavy atom. The van der Waals surface area contributed by atoms with Crippen LogP contribution in [-0.4, -0.2) is 37.0 Å². The molecule has 0 saturated heterocycles. The van der Waals surface area contributed by atoms with Gasteiger partial charge < -0.3 is 9.67 Å². The molecule has 3 rings (SSSR count). The molecule has 0 aliphatic rings. The number of rotatable bonds is 5. The van der Waals surface area contributed by atoms with Crippen LogP contribution in [0, 0.1) is 0 Å². The number of aromatic nitrogens is 4. The van der Waals surface area contributed by atoms with Crippen molar-refractivity contribution in [2.75, 3.05) is 5.32 Å². The molecule has 0 spiro atoms. The molecule has 29 heavy (non-hydrogen) atoms. The molecule has 2 N–H and O–H groups in total. The van der Waals surface area contributed by atoms with Crippen LogP contribution < -0.4 is 5.32 Å². The lowest BCUT2D eigenvalue weighted by atomic mass is 10.3. The monoisotopic (exact) mass is 409 g/mol. The van der Waals surface area contributed by atoms with Crippen LogP contribution in [0.15, 0.2) is 36.5 Å². The molecule has 154 valence electrons. The second-order valence-corrected chi connectivity index (χ2v) is 5.69. The highest BCUT2D eigenvalue weighted by molar-refractivity contribution is 5.89. The average Bonchev–Trinajstić information content (AvgIpc) is 3.04. The van der Waals surface area contributed by atoms with Crippen molar-refractivity contribution in [1.82, 2.24) is 19.5 Å². The van der Waals surface area contributed by atoms with Gasteiger partial charge in [0, 0.05) is 25.6 Å². The molecule has 0 aliphatic carbocycles. The number of halogens is 3. The number of nitrogens with zero attached hydrogens (tertiary/aromatic N) is 4. The number of fused-ring (bicyclic) bond motifs is 1. The number of imidazole rings is 1. The Morgan fingerprint density at radius 1 is 1.24 bits per heavy atom. The third-order valence-electron chi connectivity index (χ3n) is 3.81. The summed E-state index contributed by atoms with van der Waals surface area (Å²) in [7, 11) is 0. The Bertz CT molecular complexity index is 988. The molecule has 3 aromatic rings. The van der Waals surface area contributed by atoms with Crippen LogP contribution in [0.5, 0.6) is 0 Å². The van der Waals surface area contributed by atoms with Gasteiger partial charge in [-0.1, -0.05) is 19.1 Å². The van der Waals surface area contributed by atoms with E-state index in [2.05, 4.69) is 20.3 Å². The van der Waals surface area contributed by atoms with E-state index < -0.39 is 17.8 Å². The fraction of sp³-hybridized carbons (Fsp3) is 0.278. The molecule has 8 nitrogen and oxygen atoms in total. The van der Waals surface area contributed by atoms with Crippen LogP contribution in [0.25, 0.3) is 11.0 Å². The number of alkyl halides is 3. The van der Waals surface area contributed by atoms with E-state index in [0.717, 1.165) is 29.1 Å². The number of hydrogen-bond donors (Lipinski definition) is 2. The van der Waals surface area contributed by atoms with Crippen LogP contribution in [0.4, 0.5) is 19.1 Å². The summed E-state index contributed by atoms with van der Waals surface area (Å²) >= 11 is 0. The minimum absolute atomic E-state index is 0.0625. The number of carbonyl (C=O) groups excluding carboxylic acids is 1. The van der Waals surface area contributed by atoms with E-state index in [0.29, 0.717) is 13.0 Å². The fourth-order valence-electron chi connectivity index (χ4n) is 2.62. The zero-order valence-electron chi connectivity index (χ0n) is 15.3. The summed E-state index contributed by atoms with van der Waals surface area (Å²) in [6.07, 6.45) is -2.86. The molecular weight excluding hydrogens is 391 g/mol. The second-order valence-electron chi connectivity index (χ2n) is 5.69. The van der Waals surface area contributed by atoms with Crippen LogP contribution >= 0.6 is 0 Å². The van der Waals surface area contributed by atoms with E-state index in [1.165, 1.54) is 0 Å². The molecule has 0 aliphatic heterocycles. The normalized spacial score (nSPS) is 10.9. The zero-order chi connectivity index (χ0) is 21.4. The average molecular weight is 409 g/mol. The van der Waals surface area contributed by atoms with E-state index in [1.807, 2.05) is 35.8 Å². The summed E-state index contributed by atoms with van der Waals surface area (Å²) in [5, 5.41) is 9.20. The number of anilines is 1. The first-order chi connectivity index (χ1) is 13.8. The van der Waals surface area contributed by atoms with Crippen molar-refractivity contribution in [3.8, 4) is 0 Å². The molecule has 0 bridgehead atoms. The predicted molar refractivity (Wildman–Crippen MR) is 98.1 cm³/mol. The van der Waals surface area contributed by atoms with Gasteiger partial charge in [-0.15, -0.1) is 0 Å². The maximum absolute atomic E-state index is 12.7. The molecule has 2 heterocycles.